The highest BCUT2D eigenvalue weighted by Crippen LogP contribution is 2.57. The minimum Gasteiger partial charge on any atom is -0.315 e. The molecule has 2 aromatic rings. The third-order valence-electron chi connectivity index (χ3n) is 8.45. The summed E-state index contributed by atoms with van der Waals surface area (Å²) in [5, 5.41) is 7.12. The Labute approximate surface area is 194 Å². The van der Waals surface area contributed by atoms with Gasteiger partial charge < -0.3 is 10.6 Å². The third kappa shape index (κ3) is 4.65. The Morgan fingerprint density at radius 1 is 1.03 bits per heavy atom. The van der Waals surface area contributed by atoms with Crippen molar-refractivity contribution in [2.24, 2.45) is 11.3 Å². The Morgan fingerprint density at radius 3 is 2.59 bits per heavy atom. The van der Waals surface area contributed by atoms with Gasteiger partial charge in [-0.25, -0.2) is 4.39 Å². The van der Waals surface area contributed by atoms with Crippen molar-refractivity contribution in [2.75, 3.05) is 19.6 Å². The van der Waals surface area contributed by atoms with Crippen LogP contribution in [0, 0.1) is 17.2 Å². The first-order valence-corrected chi connectivity index (χ1v) is 12.6. The Balaban J connectivity index is 1.35. The molecule has 0 heterocycles. The molecule has 1 saturated carbocycles. The number of rotatable bonds is 8. The first-order chi connectivity index (χ1) is 15.3. The average Bonchev–Trinajstić information content (AvgIpc) is 2.77. The van der Waals surface area contributed by atoms with Crippen LogP contribution in [0.1, 0.15) is 81.5 Å². The fourth-order valence-electron chi connectivity index (χ4n) is 6.63. The zero-order chi connectivity index (χ0) is 22.8. The molecule has 0 amide bonds. The smallest absolute Gasteiger partial charge is 0.127 e. The second-order valence-corrected chi connectivity index (χ2v) is 11.0. The van der Waals surface area contributed by atoms with Crippen molar-refractivity contribution in [3.63, 3.8) is 0 Å². The van der Waals surface area contributed by atoms with Crippen LogP contribution in [-0.4, -0.2) is 19.6 Å². The van der Waals surface area contributed by atoms with Gasteiger partial charge in [-0.2, -0.15) is 0 Å². The number of halogens is 1. The summed E-state index contributed by atoms with van der Waals surface area (Å²) in [6.45, 7) is 13.1. The van der Waals surface area contributed by atoms with Crippen molar-refractivity contribution in [1.82, 2.24) is 10.6 Å². The quantitative estimate of drug-likeness (QED) is 0.472. The van der Waals surface area contributed by atoms with Gasteiger partial charge in [0.25, 0.3) is 0 Å². The number of hydrogen-bond acceptors (Lipinski definition) is 2. The van der Waals surface area contributed by atoms with E-state index < -0.39 is 0 Å². The third-order valence-corrected chi connectivity index (χ3v) is 8.45. The van der Waals surface area contributed by atoms with Crippen LogP contribution in [0.25, 0.3) is 0 Å². The predicted octanol–water partition coefficient (Wildman–Crippen LogP) is 6.34. The van der Waals surface area contributed by atoms with Gasteiger partial charge in [0, 0.05) is 31.7 Å². The van der Waals surface area contributed by atoms with Crippen LogP contribution in [0.15, 0.2) is 42.5 Å². The summed E-state index contributed by atoms with van der Waals surface area (Å²) in [6.07, 6.45) is 6.45. The van der Waals surface area contributed by atoms with E-state index in [9.17, 15) is 4.39 Å². The molecule has 2 nitrogen and oxygen atoms in total. The van der Waals surface area contributed by atoms with Gasteiger partial charge in [0.15, 0.2) is 0 Å². The van der Waals surface area contributed by atoms with Gasteiger partial charge in [-0.05, 0) is 71.1 Å². The van der Waals surface area contributed by atoms with Crippen molar-refractivity contribution in [1.29, 1.82) is 0 Å². The minimum absolute atomic E-state index is 0.125. The van der Waals surface area contributed by atoms with Crippen molar-refractivity contribution in [2.45, 2.75) is 77.7 Å². The van der Waals surface area contributed by atoms with Gasteiger partial charge in [-0.3, -0.25) is 0 Å². The van der Waals surface area contributed by atoms with Gasteiger partial charge >= 0.3 is 0 Å². The topological polar surface area (TPSA) is 24.1 Å². The van der Waals surface area contributed by atoms with Crippen molar-refractivity contribution in [3.05, 3.63) is 70.5 Å². The normalized spacial score (nSPS) is 27.2. The van der Waals surface area contributed by atoms with E-state index >= 15 is 0 Å². The van der Waals surface area contributed by atoms with Crippen LogP contribution in [-0.2, 0) is 18.4 Å². The van der Waals surface area contributed by atoms with E-state index in [1.54, 1.807) is 17.2 Å². The van der Waals surface area contributed by atoms with Crippen molar-refractivity contribution >= 4 is 0 Å². The first kappa shape index (κ1) is 23.4. The molecule has 1 fully saturated rings. The SMILES string of the molecule is CC(C)c1ccc2c(c1)CC[C@H]1[C@](C)(CNCCNCc3ccccc3F)CCC[C@]21C. The summed E-state index contributed by atoms with van der Waals surface area (Å²) in [5.74, 6) is 1.19. The summed E-state index contributed by atoms with van der Waals surface area (Å²) in [5.41, 5.74) is 6.06. The maximum absolute atomic E-state index is 13.8. The molecule has 2 aliphatic rings. The molecule has 174 valence electrons. The highest BCUT2D eigenvalue weighted by Gasteiger charge is 2.51. The molecule has 0 aromatic heterocycles. The standard InChI is InChI=1S/C29H41FN2/c1-21(2)22-10-12-25-23(18-22)11-13-27-28(3,14-7-15-29(25,27)4)20-32-17-16-31-19-24-8-5-6-9-26(24)30/h5-6,8-10,12,18,21,27,31-32H,7,11,13-17,19-20H2,1-4H3/t27-,28-,29+/m0/s1. The lowest BCUT2D eigenvalue weighted by molar-refractivity contribution is 0.0261. The van der Waals surface area contributed by atoms with Gasteiger partial charge in [-0.1, -0.05) is 70.5 Å². The number of benzene rings is 2. The van der Waals surface area contributed by atoms with E-state index in [1.165, 1.54) is 43.7 Å². The number of aryl methyl sites for hydroxylation is 1. The summed E-state index contributed by atoms with van der Waals surface area (Å²) >= 11 is 0. The van der Waals surface area contributed by atoms with Crippen LogP contribution in [0.3, 0.4) is 0 Å². The van der Waals surface area contributed by atoms with E-state index in [0.29, 0.717) is 23.3 Å². The summed E-state index contributed by atoms with van der Waals surface area (Å²) in [4.78, 5) is 0. The van der Waals surface area contributed by atoms with E-state index in [2.05, 4.69) is 56.5 Å². The zero-order valence-corrected chi connectivity index (χ0v) is 20.4. The Bertz CT molecular complexity index is 923. The van der Waals surface area contributed by atoms with Crippen LogP contribution >= 0.6 is 0 Å². The van der Waals surface area contributed by atoms with Gasteiger partial charge in [-0.15, -0.1) is 0 Å². The molecule has 2 N–H and O–H groups in total. The molecule has 0 spiro atoms. The zero-order valence-electron chi connectivity index (χ0n) is 20.4. The predicted molar refractivity (Wildman–Crippen MR) is 133 cm³/mol. The lowest BCUT2D eigenvalue weighted by atomic mass is 9.49. The molecular formula is C29H41FN2. The highest BCUT2D eigenvalue weighted by atomic mass is 19.1. The first-order valence-electron chi connectivity index (χ1n) is 12.6. The second kappa shape index (κ2) is 9.65. The summed E-state index contributed by atoms with van der Waals surface area (Å²) in [7, 11) is 0. The van der Waals surface area contributed by atoms with Crippen LogP contribution in [0.4, 0.5) is 4.39 Å². The molecule has 0 aliphatic heterocycles. The molecule has 0 unspecified atom stereocenters. The average molecular weight is 437 g/mol. The number of nitrogens with one attached hydrogen (secondary N) is 2. The summed E-state index contributed by atoms with van der Waals surface area (Å²) < 4.78 is 13.8. The Kier molecular flexibility index (Phi) is 7.07. The van der Waals surface area contributed by atoms with E-state index in [0.717, 1.165) is 31.1 Å². The largest absolute Gasteiger partial charge is 0.315 e. The molecule has 3 heteroatoms. The molecule has 2 aromatic carbocycles. The number of hydrogen-bond donors (Lipinski definition) is 2. The molecule has 3 atom stereocenters. The second-order valence-electron chi connectivity index (χ2n) is 11.0. The molecular weight excluding hydrogens is 395 g/mol. The summed E-state index contributed by atoms with van der Waals surface area (Å²) in [6, 6.07) is 14.3. The monoisotopic (exact) mass is 436 g/mol. The highest BCUT2D eigenvalue weighted by molar-refractivity contribution is 5.42. The van der Waals surface area contributed by atoms with E-state index in [-0.39, 0.29) is 5.82 Å². The van der Waals surface area contributed by atoms with Crippen LogP contribution < -0.4 is 10.6 Å². The van der Waals surface area contributed by atoms with Gasteiger partial charge in [0.1, 0.15) is 5.82 Å². The molecule has 0 bridgehead atoms. The molecule has 0 saturated heterocycles. The Morgan fingerprint density at radius 2 is 1.81 bits per heavy atom. The molecule has 4 rings (SSSR count). The maximum Gasteiger partial charge on any atom is 0.127 e. The Hall–Kier alpha value is -1.71. The van der Waals surface area contributed by atoms with E-state index in [4.69, 9.17) is 0 Å². The van der Waals surface area contributed by atoms with Gasteiger partial charge in [0.05, 0.1) is 0 Å². The van der Waals surface area contributed by atoms with E-state index in [1.807, 2.05) is 12.1 Å². The lowest BCUT2D eigenvalue weighted by Gasteiger charge is -2.55. The fraction of sp³-hybridized carbons (Fsp3) is 0.586. The van der Waals surface area contributed by atoms with Crippen molar-refractivity contribution in [3.8, 4) is 0 Å². The molecule has 2 aliphatic carbocycles. The van der Waals surface area contributed by atoms with Gasteiger partial charge in [0.2, 0.25) is 0 Å². The maximum atomic E-state index is 13.8. The number of fused-ring (bicyclic) bond motifs is 3. The minimum atomic E-state index is -0.125. The van der Waals surface area contributed by atoms with Crippen LogP contribution in [0.2, 0.25) is 0 Å². The van der Waals surface area contributed by atoms with Crippen LogP contribution in [0.5, 0.6) is 0 Å². The fourth-order valence-corrected chi connectivity index (χ4v) is 6.63. The molecule has 0 radical (unpaired) electrons. The van der Waals surface area contributed by atoms with Crippen molar-refractivity contribution < 1.29 is 4.39 Å². The molecule has 32 heavy (non-hydrogen) atoms. The lowest BCUT2D eigenvalue weighted by Crippen LogP contribution is -2.53.